The molecule has 1 saturated heterocycles. The number of rotatable bonds is 8. The SMILES string of the molecule is NCCCCCCC(=O)NCC1COCCO1. The fraction of sp³-hybridized carbons (Fsp3) is 0.917. The minimum Gasteiger partial charge on any atom is -0.376 e. The minimum atomic E-state index is 0.0185. The molecule has 1 amide bonds. The molecule has 5 nitrogen and oxygen atoms in total. The Bertz CT molecular complexity index is 206. The van der Waals surface area contributed by atoms with Gasteiger partial charge in [-0.3, -0.25) is 4.79 Å². The number of nitrogens with one attached hydrogen (secondary N) is 1. The molecule has 3 N–H and O–H groups in total. The second-order valence-corrected chi connectivity index (χ2v) is 4.32. The summed E-state index contributed by atoms with van der Waals surface area (Å²) in [6.45, 7) is 3.16. The number of hydrogen-bond donors (Lipinski definition) is 2. The first kappa shape index (κ1) is 14.4. The van der Waals surface area contributed by atoms with Crippen molar-refractivity contribution in [2.45, 2.75) is 38.2 Å². The summed E-state index contributed by atoms with van der Waals surface area (Å²) in [6, 6.07) is 0. The van der Waals surface area contributed by atoms with Gasteiger partial charge in [-0.25, -0.2) is 0 Å². The molecule has 0 saturated carbocycles. The molecule has 0 bridgehead atoms. The molecule has 1 rings (SSSR count). The first-order valence-electron chi connectivity index (χ1n) is 6.49. The molecule has 100 valence electrons. The fourth-order valence-electron chi connectivity index (χ4n) is 1.75. The first-order chi connectivity index (χ1) is 8.33. The van der Waals surface area contributed by atoms with Crippen molar-refractivity contribution in [2.24, 2.45) is 5.73 Å². The average Bonchev–Trinajstić information content (AvgIpc) is 2.37. The van der Waals surface area contributed by atoms with E-state index in [1.54, 1.807) is 0 Å². The molecule has 1 fully saturated rings. The number of hydrogen-bond acceptors (Lipinski definition) is 4. The van der Waals surface area contributed by atoms with Gasteiger partial charge in [0.05, 0.1) is 25.9 Å². The van der Waals surface area contributed by atoms with Gasteiger partial charge in [-0.2, -0.15) is 0 Å². The van der Waals surface area contributed by atoms with Crippen LogP contribution in [0.4, 0.5) is 0 Å². The zero-order chi connectivity index (χ0) is 12.3. The predicted octanol–water partition coefficient (Wildman–Crippen LogP) is 0.427. The number of carbonyl (C=O) groups is 1. The van der Waals surface area contributed by atoms with Crippen molar-refractivity contribution in [1.29, 1.82) is 0 Å². The molecule has 0 aliphatic carbocycles. The van der Waals surface area contributed by atoms with Gasteiger partial charge in [-0.15, -0.1) is 0 Å². The van der Waals surface area contributed by atoms with Crippen LogP contribution in [-0.2, 0) is 14.3 Å². The highest BCUT2D eigenvalue weighted by atomic mass is 16.6. The van der Waals surface area contributed by atoms with E-state index in [1.807, 2.05) is 0 Å². The van der Waals surface area contributed by atoms with Gasteiger partial charge in [-0.1, -0.05) is 12.8 Å². The summed E-state index contributed by atoms with van der Waals surface area (Å²) >= 11 is 0. The summed E-state index contributed by atoms with van der Waals surface area (Å²) in [5.74, 6) is 0.104. The third kappa shape index (κ3) is 7.31. The zero-order valence-electron chi connectivity index (χ0n) is 10.5. The van der Waals surface area contributed by atoms with Crippen LogP contribution >= 0.6 is 0 Å². The molecule has 1 unspecified atom stereocenters. The van der Waals surface area contributed by atoms with Gasteiger partial charge in [0.25, 0.3) is 0 Å². The molecule has 5 heteroatoms. The molecule has 0 spiro atoms. The maximum Gasteiger partial charge on any atom is 0.220 e. The van der Waals surface area contributed by atoms with Crippen LogP contribution in [0.3, 0.4) is 0 Å². The molecular formula is C12H24N2O3. The van der Waals surface area contributed by atoms with Crippen LogP contribution in [0.5, 0.6) is 0 Å². The first-order valence-corrected chi connectivity index (χ1v) is 6.49. The van der Waals surface area contributed by atoms with Gasteiger partial charge < -0.3 is 20.5 Å². The topological polar surface area (TPSA) is 73.6 Å². The predicted molar refractivity (Wildman–Crippen MR) is 65.7 cm³/mol. The lowest BCUT2D eigenvalue weighted by Gasteiger charge is -2.23. The normalized spacial score (nSPS) is 20.2. The van der Waals surface area contributed by atoms with Crippen LogP contribution in [0.2, 0.25) is 0 Å². The van der Waals surface area contributed by atoms with E-state index in [-0.39, 0.29) is 12.0 Å². The van der Waals surface area contributed by atoms with Crippen molar-refractivity contribution in [3.8, 4) is 0 Å². The van der Waals surface area contributed by atoms with Gasteiger partial charge in [0.2, 0.25) is 5.91 Å². The van der Waals surface area contributed by atoms with Gasteiger partial charge in [0.15, 0.2) is 0 Å². The number of nitrogens with two attached hydrogens (primary N) is 1. The molecular weight excluding hydrogens is 220 g/mol. The summed E-state index contributed by atoms with van der Waals surface area (Å²) in [5.41, 5.74) is 5.40. The highest BCUT2D eigenvalue weighted by Crippen LogP contribution is 2.03. The number of unbranched alkanes of at least 4 members (excludes halogenated alkanes) is 3. The summed E-state index contributed by atoms with van der Waals surface area (Å²) in [7, 11) is 0. The van der Waals surface area contributed by atoms with Gasteiger partial charge >= 0.3 is 0 Å². The lowest BCUT2D eigenvalue weighted by Crippen LogP contribution is -2.39. The Morgan fingerprint density at radius 3 is 2.76 bits per heavy atom. The molecule has 1 aliphatic heterocycles. The lowest BCUT2D eigenvalue weighted by molar-refractivity contribution is -0.124. The minimum absolute atomic E-state index is 0.0185. The van der Waals surface area contributed by atoms with E-state index in [9.17, 15) is 4.79 Å². The molecule has 1 heterocycles. The largest absolute Gasteiger partial charge is 0.376 e. The molecule has 0 aromatic rings. The lowest BCUT2D eigenvalue weighted by atomic mass is 10.1. The number of ether oxygens (including phenoxy) is 2. The van der Waals surface area contributed by atoms with Crippen molar-refractivity contribution in [3.05, 3.63) is 0 Å². The van der Waals surface area contributed by atoms with Crippen molar-refractivity contribution in [1.82, 2.24) is 5.32 Å². The molecule has 1 atom stereocenters. The third-order valence-electron chi connectivity index (χ3n) is 2.77. The van der Waals surface area contributed by atoms with Crippen molar-refractivity contribution >= 4 is 5.91 Å². The second-order valence-electron chi connectivity index (χ2n) is 4.32. The summed E-state index contributed by atoms with van der Waals surface area (Å²) in [5, 5.41) is 2.87. The summed E-state index contributed by atoms with van der Waals surface area (Å²) < 4.78 is 10.7. The van der Waals surface area contributed by atoms with Gasteiger partial charge in [-0.05, 0) is 19.4 Å². The van der Waals surface area contributed by atoms with Gasteiger partial charge in [0, 0.05) is 13.0 Å². The molecule has 1 aliphatic rings. The van der Waals surface area contributed by atoms with E-state index in [0.717, 1.165) is 32.2 Å². The maximum absolute atomic E-state index is 11.5. The Morgan fingerprint density at radius 1 is 1.24 bits per heavy atom. The zero-order valence-corrected chi connectivity index (χ0v) is 10.5. The standard InChI is InChI=1S/C12H24N2O3/c13-6-4-2-1-3-5-12(15)14-9-11-10-16-7-8-17-11/h11H,1-10,13H2,(H,14,15). The number of amides is 1. The summed E-state index contributed by atoms with van der Waals surface area (Å²) in [4.78, 5) is 11.5. The highest BCUT2D eigenvalue weighted by molar-refractivity contribution is 5.75. The van der Waals surface area contributed by atoms with Crippen LogP contribution in [-0.4, -0.2) is 44.9 Å². The maximum atomic E-state index is 11.5. The third-order valence-corrected chi connectivity index (χ3v) is 2.77. The van der Waals surface area contributed by atoms with Crippen molar-refractivity contribution in [2.75, 3.05) is 32.9 Å². The molecule has 0 aromatic carbocycles. The molecule has 0 radical (unpaired) electrons. The van der Waals surface area contributed by atoms with Crippen LogP contribution in [0.1, 0.15) is 32.1 Å². The molecule has 17 heavy (non-hydrogen) atoms. The van der Waals surface area contributed by atoms with E-state index >= 15 is 0 Å². The van der Waals surface area contributed by atoms with E-state index < -0.39 is 0 Å². The average molecular weight is 244 g/mol. The Morgan fingerprint density at radius 2 is 2.06 bits per heavy atom. The second kappa shape index (κ2) is 9.39. The number of carbonyl (C=O) groups excluding carboxylic acids is 1. The van der Waals surface area contributed by atoms with E-state index in [4.69, 9.17) is 15.2 Å². The van der Waals surface area contributed by atoms with Crippen LogP contribution in [0.15, 0.2) is 0 Å². The summed E-state index contributed by atoms with van der Waals surface area (Å²) in [6.07, 6.45) is 4.79. The monoisotopic (exact) mass is 244 g/mol. The van der Waals surface area contributed by atoms with E-state index in [0.29, 0.717) is 32.8 Å². The quantitative estimate of drug-likeness (QED) is 0.607. The Labute approximate surface area is 103 Å². The van der Waals surface area contributed by atoms with Crippen LogP contribution in [0, 0.1) is 0 Å². The van der Waals surface area contributed by atoms with Crippen LogP contribution in [0.25, 0.3) is 0 Å². The Kier molecular flexibility index (Phi) is 7.96. The van der Waals surface area contributed by atoms with Crippen molar-refractivity contribution in [3.63, 3.8) is 0 Å². The Balaban J connectivity index is 1.93. The smallest absolute Gasteiger partial charge is 0.220 e. The molecule has 0 aromatic heterocycles. The fourth-order valence-corrected chi connectivity index (χ4v) is 1.75. The Hall–Kier alpha value is -0.650. The highest BCUT2D eigenvalue weighted by Gasteiger charge is 2.14. The van der Waals surface area contributed by atoms with Crippen LogP contribution < -0.4 is 11.1 Å². The van der Waals surface area contributed by atoms with Gasteiger partial charge in [0.1, 0.15) is 0 Å². The van der Waals surface area contributed by atoms with E-state index in [1.165, 1.54) is 0 Å². The van der Waals surface area contributed by atoms with E-state index in [2.05, 4.69) is 5.32 Å². The van der Waals surface area contributed by atoms with Crippen molar-refractivity contribution < 1.29 is 14.3 Å².